The van der Waals surface area contributed by atoms with Crippen LogP contribution in [-0.2, 0) is 7.05 Å². The van der Waals surface area contributed by atoms with Crippen LogP contribution in [0, 0.1) is 12.8 Å². The summed E-state index contributed by atoms with van der Waals surface area (Å²) in [5.74, 6) is 0.552. The van der Waals surface area contributed by atoms with Crippen LogP contribution < -0.4 is 0 Å². The van der Waals surface area contributed by atoms with E-state index in [-0.39, 0.29) is 11.8 Å². The van der Waals surface area contributed by atoms with Gasteiger partial charge in [-0.3, -0.25) is 4.79 Å². The molecule has 2 unspecified atom stereocenters. The summed E-state index contributed by atoms with van der Waals surface area (Å²) in [5.41, 5.74) is 1.19. The van der Waals surface area contributed by atoms with Crippen molar-refractivity contribution in [3.63, 3.8) is 0 Å². The zero-order chi connectivity index (χ0) is 17.3. The molecule has 7 heteroatoms. The van der Waals surface area contributed by atoms with Gasteiger partial charge in [0.25, 0.3) is 5.91 Å². The highest BCUT2D eigenvalue weighted by molar-refractivity contribution is 6.29. The molecular formula is C17H21ClN4O2. The molecule has 3 rings (SSSR count). The standard InChI is InChI=1S/C17H21ClN4O2/c1-11-13(5-6-14(18)20-11)17(24)22-8-3-4-12(10-22)15(23)16-19-7-9-21(16)2/h5-7,9,12,15,23H,3-4,8,10H2,1-2H3. The highest BCUT2D eigenvalue weighted by atomic mass is 35.5. The van der Waals surface area contributed by atoms with Crippen LogP contribution in [0.2, 0.25) is 5.15 Å². The number of likely N-dealkylation sites (tertiary alicyclic amines) is 1. The molecule has 0 radical (unpaired) electrons. The molecule has 2 aromatic rings. The minimum atomic E-state index is -0.676. The molecular weight excluding hydrogens is 328 g/mol. The number of piperidine rings is 1. The normalized spacial score (nSPS) is 19.3. The number of hydrogen-bond acceptors (Lipinski definition) is 4. The summed E-state index contributed by atoms with van der Waals surface area (Å²) in [7, 11) is 1.86. The molecule has 1 aliphatic rings. The number of hydrogen-bond donors (Lipinski definition) is 1. The zero-order valence-corrected chi connectivity index (χ0v) is 14.6. The van der Waals surface area contributed by atoms with E-state index in [1.165, 1.54) is 0 Å². The van der Waals surface area contributed by atoms with E-state index in [1.54, 1.807) is 30.2 Å². The minimum absolute atomic E-state index is 0.0237. The first-order valence-electron chi connectivity index (χ1n) is 8.05. The number of carbonyl (C=O) groups excluding carboxylic acids is 1. The Balaban J connectivity index is 1.75. The second kappa shape index (κ2) is 6.91. The van der Waals surface area contributed by atoms with E-state index in [4.69, 9.17) is 11.6 Å². The third-order valence-electron chi connectivity index (χ3n) is 4.60. The van der Waals surface area contributed by atoms with E-state index in [1.807, 2.05) is 17.8 Å². The number of carbonyl (C=O) groups is 1. The van der Waals surface area contributed by atoms with Gasteiger partial charge in [0, 0.05) is 38.4 Å². The van der Waals surface area contributed by atoms with Crippen molar-refractivity contribution in [3.8, 4) is 0 Å². The Hall–Kier alpha value is -1.92. The molecule has 6 nitrogen and oxygen atoms in total. The summed E-state index contributed by atoms with van der Waals surface area (Å²) in [6.07, 6.45) is 4.54. The van der Waals surface area contributed by atoms with Crippen LogP contribution in [0.1, 0.15) is 40.8 Å². The second-order valence-corrected chi connectivity index (χ2v) is 6.65. The average Bonchev–Trinajstić information content (AvgIpc) is 3.00. The number of amides is 1. The van der Waals surface area contributed by atoms with Crippen LogP contribution in [0.5, 0.6) is 0 Å². The van der Waals surface area contributed by atoms with E-state index < -0.39 is 6.10 Å². The van der Waals surface area contributed by atoms with Gasteiger partial charge < -0.3 is 14.6 Å². The first kappa shape index (κ1) is 16.9. The smallest absolute Gasteiger partial charge is 0.255 e. The van der Waals surface area contributed by atoms with Gasteiger partial charge in [-0.2, -0.15) is 0 Å². The van der Waals surface area contributed by atoms with Gasteiger partial charge in [-0.25, -0.2) is 9.97 Å². The maximum atomic E-state index is 12.8. The van der Waals surface area contributed by atoms with Crippen molar-refractivity contribution in [3.05, 3.63) is 46.8 Å². The van der Waals surface area contributed by atoms with Crippen LogP contribution >= 0.6 is 11.6 Å². The summed E-state index contributed by atoms with van der Waals surface area (Å²) in [6, 6.07) is 3.34. The number of rotatable bonds is 3. The van der Waals surface area contributed by atoms with Gasteiger partial charge in [-0.05, 0) is 31.9 Å². The van der Waals surface area contributed by atoms with Crippen LogP contribution in [-0.4, -0.2) is 43.5 Å². The summed E-state index contributed by atoms with van der Waals surface area (Å²) in [4.78, 5) is 23.0. The van der Waals surface area contributed by atoms with E-state index in [9.17, 15) is 9.90 Å². The number of halogens is 1. The third kappa shape index (κ3) is 3.30. The van der Waals surface area contributed by atoms with Crippen molar-refractivity contribution in [2.75, 3.05) is 13.1 Å². The van der Waals surface area contributed by atoms with Crippen LogP contribution in [0.3, 0.4) is 0 Å². The van der Waals surface area contributed by atoms with Gasteiger partial charge in [-0.1, -0.05) is 11.6 Å². The molecule has 1 N–H and O–H groups in total. The molecule has 3 heterocycles. The maximum Gasteiger partial charge on any atom is 0.255 e. The molecule has 1 saturated heterocycles. The fourth-order valence-corrected chi connectivity index (χ4v) is 3.44. The van der Waals surface area contributed by atoms with Crippen molar-refractivity contribution in [2.24, 2.45) is 13.0 Å². The van der Waals surface area contributed by atoms with E-state index >= 15 is 0 Å². The lowest BCUT2D eigenvalue weighted by Crippen LogP contribution is -2.42. The van der Waals surface area contributed by atoms with Gasteiger partial charge in [0.05, 0.1) is 11.3 Å². The minimum Gasteiger partial charge on any atom is -0.385 e. The SMILES string of the molecule is Cc1nc(Cl)ccc1C(=O)N1CCCC(C(O)c2nccn2C)C1. The largest absolute Gasteiger partial charge is 0.385 e. The molecule has 0 spiro atoms. The number of nitrogens with zero attached hydrogens (tertiary/aromatic N) is 4. The Labute approximate surface area is 146 Å². The topological polar surface area (TPSA) is 71.2 Å². The Morgan fingerprint density at radius 3 is 2.92 bits per heavy atom. The molecule has 1 fully saturated rings. The van der Waals surface area contributed by atoms with Gasteiger partial charge in [-0.15, -0.1) is 0 Å². The predicted octanol–water partition coefficient (Wildman–Crippen LogP) is 2.36. The number of aryl methyl sites for hydroxylation is 2. The molecule has 0 aromatic carbocycles. The van der Waals surface area contributed by atoms with Crippen molar-refractivity contribution >= 4 is 17.5 Å². The van der Waals surface area contributed by atoms with Crippen LogP contribution in [0.25, 0.3) is 0 Å². The number of aromatic nitrogens is 3. The third-order valence-corrected chi connectivity index (χ3v) is 4.81. The Morgan fingerprint density at radius 1 is 1.46 bits per heavy atom. The molecule has 0 aliphatic carbocycles. The van der Waals surface area contributed by atoms with Crippen LogP contribution in [0.15, 0.2) is 24.5 Å². The molecule has 1 amide bonds. The summed E-state index contributed by atoms with van der Waals surface area (Å²) >= 11 is 5.87. The van der Waals surface area contributed by atoms with E-state index in [0.717, 1.165) is 12.8 Å². The summed E-state index contributed by atoms with van der Waals surface area (Å²) < 4.78 is 1.82. The summed E-state index contributed by atoms with van der Waals surface area (Å²) in [5, 5.41) is 11.0. The van der Waals surface area contributed by atoms with Gasteiger partial charge in [0.1, 0.15) is 17.1 Å². The van der Waals surface area contributed by atoms with Crippen LogP contribution in [0.4, 0.5) is 0 Å². The predicted molar refractivity (Wildman–Crippen MR) is 90.8 cm³/mol. The van der Waals surface area contributed by atoms with Crippen molar-refractivity contribution in [1.82, 2.24) is 19.4 Å². The quantitative estimate of drug-likeness (QED) is 0.864. The summed E-state index contributed by atoms with van der Waals surface area (Å²) in [6.45, 7) is 2.98. The number of aliphatic hydroxyl groups excluding tert-OH is 1. The Bertz CT molecular complexity index is 746. The molecule has 128 valence electrons. The number of pyridine rings is 1. The Morgan fingerprint density at radius 2 is 2.25 bits per heavy atom. The molecule has 0 saturated carbocycles. The molecule has 24 heavy (non-hydrogen) atoms. The molecule has 1 aliphatic heterocycles. The average molecular weight is 349 g/mol. The lowest BCUT2D eigenvalue weighted by molar-refractivity contribution is 0.0357. The van der Waals surface area contributed by atoms with Crippen molar-refractivity contribution < 1.29 is 9.90 Å². The van der Waals surface area contributed by atoms with Crippen molar-refractivity contribution in [2.45, 2.75) is 25.9 Å². The van der Waals surface area contributed by atoms with E-state index in [2.05, 4.69) is 9.97 Å². The Kier molecular flexibility index (Phi) is 4.87. The van der Waals surface area contributed by atoms with Crippen molar-refractivity contribution in [1.29, 1.82) is 0 Å². The van der Waals surface area contributed by atoms with Gasteiger partial charge in [0.2, 0.25) is 0 Å². The number of imidazole rings is 1. The fraction of sp³-hybridized carbons (Fsp3) is 0.471. The maximum absolute atomic E-state index is 12.8. The van der Waals surface area contributed by atoms with Gasteiger partial charge >= 0.3 is 0 Å². The lowest BCUT2D eigenvalue weighted by atomic mass is 9.91. The fourth-order valence-electron chi connectivity index (χ4n) is 3.25. The molecule has 0 bridgehead atoms. The van der Waals surface area contributed by atoms with E-state index in [0.29, 0.717) is 35.3 Å². The molecule has 2 aromatic heterocycles. The number of aliphatic hydroxyl groups is 1. The first-order chi connectivity index (χ1) is 11.5. The lowest BCUT2D eigenvalue weighted by Gasteiger charge is -2.35. The molecule has 2 atom stereocenters. The zero-order valence-electron chi connectivity index (χ0n) is 13.8. The second-order valence-electron chi connectivity index (χ2n) is 6.26. The first-order valence-corrected chi connectivity index (χ1v) is 8.43. The van der Waals surface area contributed by atoms with Gasteiger partial charge in [0.15, 0.2) is 0 Å². The highest BCUT2D eigenvalue weighted by Crippen LogP contribution is 2.29. The highest BCUT2D eigenvalue weighted by Gasteiger charge is 2.31. The monoisotopic (exact) mass is 348 g/mol.